The minimum atomic E-state index is -0.503. The quantitative estimate of drug-likeness (QED) is 0.782. The summed E-state index contributed by atoms with van der Waals surface area (Å²) in [5, 5.41) is 0.219. The summed E-state index contributed by atoms with van der Waals surface area (Å²) in [5.41, 5.74) is 0.137. The van der Waals surface area contributed by atoms with E-state index in [1.807, 2.05) is 13.8 Å². The highest BCUT2D eigenvalue weighted by molar-refractivity contribution is 6.33. The predicted molar refractivity (Wildman–Crippen MR) is 75.0 cm³/mol. The number of halogens is 1. The van der Waals surface area contributed by atoms with Crippen LogP contribution in [0.15, 0.2) is 6.20 Å². The lowest BCUT2D eigenvalue weighted by atomic mass is 10.2. The first-order chi connectivity index (χ1) is 9.58. The van der Waals surface area contributed by atoms with E-state index in [0.29, 0.717) is 18.9 Å². The van der Waals surface area contributed by atoms with Crippen LogP contribution in [0.4, 0.5) is 0 Å². The number of esters is 1. The van der Waals surface area contributed by atoms with Crippen molar-refractivity contribution >= 4 is 17.6 Å². The number of rotatable bonds is 5. The van der Waals surface area contributed by atoms with E-state index in [9.17, 15) is 4.79 Å². The van der Waals surface area contributed by atoms with E-state index in [1.54, 1.807) is 0 Å². The molecule has 0 aromatic carbocycles. The van der Waals surface area contributed by atoms with Gasteiger partial charge in [-0.05, 0) is 12.8 Å². The Morgan fingerprint density at radius 1 is 1.60 bits per heavy atom. The summed E-state index contributed by atoms with van der Waals surface area (Å²) in [6.45, 7) is 5.03. The van der Waals surface area contributed by atoms with Crippen molar-refractivity contribution in [3.8, 4) is 0 Å². The zero-order valence-electron chi connectivity index (χ0n) is 11.8. The first-order valence-corrected chi connectivity index (χ1v) is 7.27. The maximum absolute atomic E-state index is 12.0. The second kappa shape index (κ2) is 6.99. The molecule has 1 aliphatic rings. The molecule has 0 bridgehead atoms. The van der Waals surface area contributed by atoms with Crippen LogP contribution in [0.3, 0.4) is 0 Å². The van der Waals surface area contributed by atoms with Crippen molar-refractivity contribution in [2.75, 3.05) is 13.2 Å². The number of hydrogen-bond acceptors (Lipinski definition) is 5. The van der Waals surface area contributed by atoms with Crippen LogP contribution in [0.5, 0.6) is 0 Å². The average Bonchev–Trinajstić information content (AvgIpc) is 2.92. The molecule has 1 aliphatic heterocycles. The molecule has 1 saturated heterocycles. The van der Waals surface area contributed by atoms with Crippen LogP contribution >= 0.6 is 11.6 Å². The highest BCUT2D eigenvalue weighted by Crippen LogP contribution is 2.18. The summed E-state index contributed by atoms with van der Waals surface area (Å²) in [6.07, 6.45) is 4.47. The van der Waals surface area contributed by atoms with Gasteiger partial charge >= 0.3 is 5.97 Å². The van der Waals surface area contributed by atoms with Gasteiger partial charge in [-0.25, -0.2) is 14.8 Å². The van der Waals surface area contributed by atoms with Crippen molar-refractivity contribution in [3.05, 3.63) is 22.7 Å². The maximum atomic E-state index is 12.0. The van der Waals surface area contributed by atoms with Crippen LogP contribution in [-0.4, -0.2) is 35.3 Å². The van der Waals surface area contributed by atoms with Crippen molar-refractivity contribution in [1.29, 1.82) is 0 Å². The van der Waals surface area contributed by atoms with Crippen molar-refractivity contribution in [3.63, 3.8) is 0 Å². The van der Waals surface area contributed by atoms with Crippen LogP contribution in [0.1, 0.15) is 55.3 Å². The normalized spacial score (nSPS) is 18.5. The molecule has 0 N–H and O–H groups in total. The topological polar surface area (TPSA) is 61.3 Å². The molecule has 1 atom stereocenters. The maximum Gasteiger partial charge on any atom is 0.358 e. The van der Waals surface area contributed by atoms with Crippen LogP contribution in [0.2, 0.25) is 5.02 Å². The van der Waals surface area contributed by atoms with Gasteiger partial charge in [0.1, 0.15) is 5.82 Å². The first-order valence-electron chi connectivity index (χ1n) is 6.89. The van der Waals surface area contributed by atoms with E-state index in [4.69, 9.17) is 21.1 Å². The van der Waals surface area contributed by atoms with Gasteiger partial charge in [0.2, 0.25) is 0 Å². The third-order valence-corrected chi connectivity index (χ3v) is 3.45. The van der Waals surface area contributed by atoms with Gasteiger partial charge in [-0.3, -0.25) is 0 Å². The predicted octanol–water partition coefficient (Wildman–Crippen LogP) is 2.98. The third-order valence-electron chi connectivity index (χ3n) is 3.17. The summed E-state index contributed by atoms with van der Waals surface area (Å²) >= 11 is 5.95. The molecule has 20 heavy (non-hydrogen) atoms. The molecule has 0 saturated carbocycles. The van der Waals surface area contributed by atoms with E-state index in [-0.39, 0.29) is 22.7 Å². The largest absolute Gasteiger partial charge is 0.461 e. The second-order valence-electron chi connectivity index (χ2n) is 5.14. The molecule has 0 aliphatic carbocycles. The number of aromatic nitrogens is 2. The van der Waals surface area contributed by atoms with E-state index in [0.717, 1.165) is 19.4 Å². The van der Waals surface area contributed by atoms with Gasteiger partial charge in [0, 0.05) is 18.9 Å². The molecule has 110 valence electrons. The van der Waals surface area contributed by atoms with Crippen molar-refractivity contribution < 1.29 is 14.3 Å². The zero-order chi connectivity index (χ0) is 14.5. The van der Waals surface area contributed by atoms with Crippen molar-refractivity contribution in [1.82, 2.24) is 9.97 Å². The molecule has 0 unspecified atom stereocenters. The SMILES string of the molecule is CC(C)c1ncc(Cl)c(C(=O)OCC[C@@H]2CCCO2)n1. The Morgan fingerprint density at radius 2 is 2.40 bits per heavy atom. The van der Waals surface area contributed by atoms with E-state index < -0.39 is 5.97 Å². The zero-order valence-corrected chi connectivity index (χ0v) is 12.5. The standard InChI is InChI=1S/C14H19ClN2O3/c1-9(2)13-16-8-11(15)12(17-13)14(18)20-7-5-10-4-3-6-19-10/h8-10H,3-7H2,1-2H3/t10-/m0/s1. The average molecular weight is 299 g/mol. The van der Waals surface area contributed by atoms with E-state index >= 15 is 0 Å². The van der Waals surface area contributed by atoms with Crippen LogP contribution in [0, 0.1) is 0 Å². The Bertz CT molecular complexity index is 473. The van der Waals surface area contributed by atoms with Crippen molar-refractivity contribution in [2.45, 2.75) is 45.1 Å². The Hall–Kier alpha value is -1.20. The van der Waals surface area contributed by atoms with E-state index in [1.165, 1.54) is 6.20 Å². The van der Waals surface area contributed by atoms with Gasteiger partial charge in [-0.15, -0.1) is 0 Å². The van der Waals surface area contributed by atoms with Gasteiger partial charge in [0.25, 0.3) is 0 Å². The minimum absolute atomic E-state index is 0.130. The smallest absolute Gasteiger partial charge is 0.358 e. The first kappa shape index (κ1) is 15.2. The van der Waals surface area contributed by atoms with Gasteiger partial charge in [-0.1, -0.05) is 25.4 Å². The molecular formula is C14H19ClN2O3. The molecule has 2 rings (SSSR count). The summed E-state index contributed by atoms with van der Waals surface area (Å²) in [6, 6.07) is 0. The molecule has 0 amide bonds. The number of carbonyl (C=O) groups excluding carboxylic acids is 1. The Balaban J connectivity index is 1.92. The molecule has 6 heteroatoms. The number of carbonyl (C=O) groups is 1. The fourth-order valence-electron chi connectivity index (χ4n) is 2.03. The monoisotopic (exact) mass is 298 g/mol. The van der Waals surface area contributed by atoms with E-state index in [2.05, 4.69) is 9.97 Å². The lowest BCUT2D eigenvalue weighted by molar-refractivity contribution is 0.0379. The Labute approximate surface area is 123 Å². The fraction of sp³-hybridized carbons (Fsp3) is 0.643. The number of ether oxygens (including phenoxy) is 2. The molecule has 0 radical (unpaired) electrons. The van der Waals surface area contributed by atoms with Crippen LogP contribution < -0.4 is 0 Å². The second-order valence-corrected chi connectivity index (χ2v) is 5.55. The van der Waals surface area contributed by atoms with Gasteiger partial charge in [0.15, 0.2) is 5.69 Å². The molecule has 2 heterocycles. The highest BCUT2D eigenvalue weighted by Gasteiger charge is 2.19. The summed E-state index contributed by atoms with van der Waals surface area (Å²) in [4.78, 5) is 20.2. The summed E-state index contributed by atoms with van der Waals surface area (Å²) in [7, 11) is 0. The fourth-order valence-corrected chi connectivity index (χ4v) is 2.19. The molecule has 0 spiro atoms. The number of hydrogen-bond donors (Lipinski definition) is 0. The lowest BCUT2D eigenvalue weighted by Crippen LogP contribution is -2.15. The van der Waals surface area contributed by atoms with Crippen LogP contribution in [0.25, 0.3) is 0 Å². The van der Waals surface area contributed by atoms with Gasteiger partial charge < -0.3 is 9.47 Å². The molecule has 1 aromatic heterocycles. The summed E-state index contributed by atoms with van der Waals surface area (Å²) < 4.78 is 10.7. The molecule has 1 fully saturated rings. The number of nitrogens with zero attached hydrogens (tertiary/aromatic N) is 2. The molecule has 5 nitrogen and oxygen atoms in total. The Morgan fingerprint density at radius 3 is 3.05 bits per heavy atom. The lowest BCUT2D eigenvalue weighted by Gasteiger charge is -2.11. The van der Waals surface area contributed by atoms with Gasteiger partial charge in [-0.2, -0.15) is 0 Å². The molecule has 1 aromatic rings. The van der Waals surface area contributed by atoms with Gasteiger partial charge in [0.05, 0.1) is 23.9 Å². The van der Waals surface area contributed by atoms with Crippen LogP contribution in [-0.2, 0) is 9.47 Å². The summed E-state index contributed by atoms with van der Waals surface area (Å²) in [5.74, 6) is 0.212. The minimum Gasteiger partial charge on any atom is -0.461 e. The Kier molecular flexibility index (Phi) is 5.31. The highest BCUT2D eigenvalue weighted by atomic mass is 35.5. The van der Waals surface area contributed by atoms with Crippen molar-refractivity contribution in [2.24, 2.45) is 0 Å². The third kappa shape index (κ3) is 3.90. The molecular weight excluding hydrogens is 280 g/mol.